The van der Waals surface area contributed by atoms with Gasteiger partial charge in [-0.15, -0.1) is 0 Å². The van der Waals surface area contributed by atoms with Crippen LogP contribution >= 0.6 is 0 Å². The van der Waals surface area contributed by atoms with Crippen LogP contribution in [0.2, 0.25) is 0 Å². The number of anilines is 2. The summed E-state index contributed by atoms with van der Waals surface area (Å²) in [5.41, 5.74) is 7.19. The van der Waals surface area contributed by atoms with Crippen LogP contribution in [0.15, 0.2) is 66.7 Å². The summed E-state index contributed by atoms with van der Waals surface area (Å²) >= 11 is 0. The lowest BCUT2D eigenvalue weighted by Gasteiger charge is -2.16. The van der Waals surface area contributed by atoms with Crippen molar-refractivity contribution in [1.29, 1.82) is 0 Å². The number of para-hydroxylation sites is 1. The molecule has 0 heterocycles. The van der Waals surface area contributed by atoms with Gasteiger partial charge in [-0.2, -0.15) is 0 Å². The van der Waals surface area contributed by atoms with Gasteiger partial charge in [0.15, 0.2) is 0 Å². The van der Waals surface area contributed by atoms with E-state index in [0.717, 1.165) is 28.3 Å². The van der Waals surface area contributed by atoms with Gasteiger partial charge in [0.25, 0.3) is 0 Å². The maximum atomic E-state index is 5.52. The molecule has 3 aromatic rings. The number of rotatable bonds is 6. The van der Waals surface area contributed by atoms with Crippen molar-refractivity contribution >= 4 is 11.4 Å². The zero-order chi connectivity index (χ0) is 19.4. The maximum absolute atomic E-state index is 5.52. The Hall–Kier alpha value is -2.74. The third-order valence-corrected chi connectivity index (χ3v) is 4.88. The summed E-state index contributed by atoms with van der Waals surface area (Å²) < 4.78 is 5.52. The van der Waals surface area contributed by atoms with Crippen LogP contribution in [0.4, 0.5) is 11.4 Å². The fourth-order valence-corrected chi connectivity index (χ4v) is 3.23. The number of hydrogen-bond donors (Lipinski definition) is 1. The van der Waals surface area contributed by atoms with Crippen molar-refractivity contribution in [3.63, 3.8) is 0 Å². The molecule has 0 saturated carbocycles. The van der Waals surface area contributed by atoms with Gasteiger partial charge in [-0.3, -0.25) is 0 Å². The van der Waals surface area contributed by atoms with Crippen molar-refractivity contribution in [3.05, 3.63) is 77.9 Å². The Morgan fingerprint density at radius 3 is 2.00 bits per heavy atom. The lowest BCUT2D eigenvalue weighted by atomic mass is 9.95. The summed E-state index contributed by atoms with van der Waals surface area (Å²) in [6.45, 7) is 8.97. The molecule has 0 aromatic heterocycles. The standard InChI is InChI=1S/C25H29NO/c1-17(2)20-13-21(18(3)4)16-23(15-20)26-22-10-8-9-19(14-22)24-11-6-7-12-25(24)27-5/h6-18,26H,1-5H3. The second-order valence-electron chi connectivity index (χ2n) is 7.60. The van der Waals surface area contributed by atoms with Crippen LogP contribution in [0.5, 0.6) is 5.75 Å². The third kappa shape index (κ3) is 4.51. The van der Waals surface area contributed by atoms with E-state index in [1.165, 1.54) is 11.1 Å². The minimum absolute atomic E-state index is 0.504. The highest BCUT2D eigenvalue weighted by atomic mass is 16.5. The SMILES string of the molecule is COc1ccccc1-c1cccc(Nc2cc(C(C)C)cc(C(C)C)c2)c1. The number of ether oxygens (including phenoxy) is 1. The molecule has 0 radical (unpaired) electrons. The third-order valence-electron chi connectivity index (χ3n) is 4.88. The quantitative estimate of drug-likeness (QED) is 0.496. The molecule has 0 fully saturated rings. The lowest BCUT2D eigenvalue weighted by molar-refractivity contribution is 0.416. The Morgan fingerprint density at radius 2 is 1.37 bits per heavy atom. The Balaban J connectivity index is 1.95. The average molecular weight is 360 g/mol. The second-order valence-corrected chi connectivity index (χ2v) is 7.60. The fourth-order valence-electron chi connectivity index (χ4n) is 3.23. The van der Waals surface area contributed by atoms with Crippen molar-refractivity contribution in [2.24, 2.45) is 0 Å². The first kappa shape index (κ1) is 19.0. The van der Waals surface area contributed by atoms with E-state index in [2.05, 4.69) is 81.5 Å². The monoisotopic (exact) mass is 359 g/mol. The molecule has 27 heavy (non-hydrogen) atoms. The molecular weight excluding hydrogens is 330 g/mol. The van der Waals surface area contributed by atoms with Gasteiger partial charge in [-0.25, -0.2) is 0 Å². The fraction of sp³-hybridized carbons (Fsp3) is 0.280. The predicted molar refractivity (Wildman–Crippen MR) is 116 cm³/mol. The first-order valence-corrected chi connectivity index (χ1v) is 9.63. The van der Waals surface area contributed by atoms with Gasteiger partial charge in [0.2, 0.25) is 0 Å². The molecule has 0 aliphatic carbocycles. The van der Waals surface area contributed by atoms with Gasteiger partial charge in [-0.1, -0.05) is 64.1 Å². The summed E-state index contributed by atoms with van der Waals surface area (Å²) in [4.78, 5) is 0. The molecule has 3 rings (SSSR count). The van der Waals surface area contributed by atoms with E-state index in [1.807, 2.05) is 18.2 Å². The van der Waals surface area contributed by atoms with Gasteiger partial charge in [-0.05, 0) is 58.9 Å². The number of hydrogen-bond acceptors (Lipinski definition) is 2. The smallest absolute Gasteiger partial charge is 0.126 e. The molecule has 0 amide bonds. The predicted octanol–water partition coefficient (Wildman–Crippen LogP) is 7.35. The summed E-state index contributed by atoms with van der Waals surface area (Å²) in [5.74, 6) is 1.90. The topological polar surface area (TPSA) is 21.3 Å². The van der Waals surface area contributed by atoms with Crippen molar-refractivity contribution in [2.45, 2.75) is 39.5 Å². The van der Waals surface area contributed by atoms with E-state index in [0.29, 0.717) is 11.8 Å². The summed E-state index contributed by atoms with van der Waals surface area (Å²) in [6.07, 6.45) is 0. The molecular formula is C25H29NO. The van der Waals surface area contributed by atoms with Crippen LogP contribution in [-0.4, -0.2) is 7.11 Å². The van der Waals surface area contributed by atoms with Crippen molar-refractivity contribution in [2.75, 3.05) is 12.4 Å². The molecule has 0 atom stereocenters. The molecule has 140 valence electrons. The van der Waals surface area contributed by atoms with E-state index >= 15 is 0 Å². The van der Waals surface area contributed by atoms with Crippen molar-refractivity contribution in [3.8, 4) is 16.9 Å². The Morgan fingerprint density at radius 1 is 0.704 bits per heavy atom. The average Bonchev–Trinajstić information content (AvgIpc) is 2.67. The molecule has 0 unspecified atom stereocenters. The normalized spacial score (nSPS) is 11.1. The van der Waals surface area contributed by atoms with E-state index in [9.17, 15) is 0 Å². The summed E-state index contributed by atoms with van der Waals surface area (Å²) in [6, 6.07) is 23.4. The Bertz CT molecular complexity index is 885. The lowest BCUT2D eigenvalue weighted by Crippen LogP contribution is -1.98. The van der Waals surface area contributed by atoms with Crippen LogP contribution in [0.25, 0.3) is 11.1 Å². The highest BCUT2D eigenvalue weighted by molar-refractivity contribution is 5.75. The van der Waals surface area contributed by atoms with Crippen LogP contribution < -0.4 is 10.1 Å². The number of nitrogens with one attached hydrogen (secondary N) is 1. The summed E-state index contributed by atoms with van der Waals surface area (Å²) in [7, 11) is 1.71. The molecule has 0 bridgehead atoms. The van der Waals surface area contributed by atoms with E-state index in [4.69, 9.17) is 4.74 Å². The summed E-state index contributed by atoms with van der Waals surface area (Å²) in [5, 5.41) is 3.60. The minimum atomic E-state index is 0.504. The minimum Gasteiger partial charge on any atom is -0.496 e. The van der Waals surface area contributed by atoms with Crippen LogP contribution in [0.1, 0.15) is 50.7 Å². The molecule has 2 heteroatoms. The van der Waals surface area contributed by atoms with Gasteiger partial charge < -0.3 is 10.1 Å². The van der Waals surface area contributed by atoms with Gasteiger partial charge in [0.05, 0.1) is 7.11 Å². The molecule has 3 aromatic carbocycles. The van der Waals surface area contributed by atoms with Crippen molar-refractivity contribution in [1.82, 2.24) is 0 Å². The molecule has 0 aliphatic rings. The van der Waals surface area contributed by atoms with E-state index in [-0.39, 0.29) is 0 Å². The van der Waals surface area contributed by atoms with E-state index in [1.54, 1.807) is 7.11 Å². The first-order chi connectivity index (χ1) is 13.0. The number of benzene rings is 3. The largest absolute Gasteiger partial charge is 0.496 e. The molecule has 0 aliphatic heterocycles. The number of methoxy groups -OCH3 is 1. The van der Waals surface area contributed by atoms with Crippen LogP contribution in [-0.2, 0) is 0 Å². The van der Waals surface area contributed by atoms with Gasteiger partial charge >= 0.3 is 0 Å². The zero-order valence-electron chi connectivity index (χ0n) is 16.9. The molecule has 0 spiro atoms. The maximum Gasteiger partial charge on any atom is 0.126 e. The molecule has 1 N–H and O–H groups in total. The van der Waals surface area contributed by atoms with E-state index < -0.39 is 0 Å². The van der Waals surface area contributed by atoms with Gasteiger partial charge in [0, 0.05) is 16.9 Å². The molecule has 0 saturated heterocycles. The Labute approximate surface area is 163 Å². The second kappa shape index (κ2) is 8.30. The Kier molecular flexibility index (Phi) is 5.85. The first-order valence-electron chi connectivity index (χ1n) is 9.63. The zero-order valence-corrected chi connectivity index (χ0v) is 16.9. The van der Waals surface area contributed by atoms with Crippen molar-refractivity contribution < 1.29 is 4.74 Å². The van der Waals surface area contributed by atoms with Crippen LogP contribution in [0.3, 0.4) is 0 Å². The van der Waals surface area contributed by atoms with Crippen LogP contribution in [0, 0.1) is 0 Å². The highest BCUT2D eigenvalue weighted by Crippen LogP contribution is 2.33. The molecule has 2 nitrogen and oxygen atoms in total. The van der Waals surface area contributed by atoms with Gasteiger partial charge in [0.1, 0.15) is 5.75 Å². The highest BCUT2D eigenvalue weighted by Gasteiger charge is 2.09.